The summed E-state index contributed by atoms with van der Waals surface area (Å²) in [5.41, 5.74) is 3.80. The van der Waals surface area contributed by atoms with E-state index < -0.39 is 16.1 Å². The van der Waals surface area contributed by atoms with Crippen molar-refractivity contribution >= 4 is 26.5 Å². The fraction of sp³-hybridized carbons (Fsp3) is 0.625. The van der Waals surface area contributed by atoms with Gasteiger partial charge < -0.3 is 9.80 Å². The molecule has 0 aliphatic carbocycles. The fourth-order valence-electron chi connectivity index (χ4n) is 7.51. The third-order valence-electron chi connectivity index (χ3n) is 8.70. The van der Waals surface area contributed by atoms with Crippen LogP contribution in [-0.2, 0) is 13.1 Å². The zero-order valence-corrected chi connectivity index (χ0v) is 27.5. The minimum atomic E-state index is -1.82. The Morgan fingerprint density at radius 3 is 1.17 bits per heavy atom. The first kappa shape index (κ1) is 29.4. The van der Waals surface area contributed by atoms with Crippen molar-refractivity contribution in [2.75, 3.05) is 28.2 Å². The van der Waals surface area contributed by atoms with Gasteiger partial charge in [0.2, 0.25) is 0 Å². The molecule has 0 radical (unpaired) electrons. The Bertz CT molecular complexity index is 937. The SMILES string of the molecule is CN(C)Cc1ccccc1[Si]1(C)C(CC(C)(C)C)[Si](C)(c2ccccc2CN(C)C)C1CC(C)(C)C. The third-order valence-corrected chi connectivity index (χ3v) is 25.8. The molecule has 2 nitrogen and oxygen atoms in total. The molecule has 2 aromatic carbocycles. The normalized spacial score (nSPS) is 26.9. The first-order valence-corrected chi connectivity index (χ1v) is 19.3. The third kappa shape index (κ3) is 5.93. The first-order valence-electron chi connectivity index (χ1n) is 14.0. The first-order chi connectivity index (χ1) is 16.5. The van der Waals surface area contributed by atoms with Crippen LogP contribution in [0.25, 0.3) is 0 Å². The lowest BCUT2D eigenvalue weighted by atomic mass is 9.93. The van der Waals surface area contributed by atoms with Gasteiger partial charge in [0.1, 0.15) is 0 Å². The van der Waals surface area contributed by atoms with Crippen LogP contribution < -0.4 is 10.4 Å². The van der Waals surface area contributed by atoms with Gasteiger partial charge in [0.05, 0.1) is 16.1 Å². The van der Waals surface area contributed by atoms with Crippen LogP contribution in [0, 0.1) is 10.8 Å². The summed E-state index contributed by atoms with van der Waals surface area (Å²) in [4.78, 5) is 4.71. The van der Waals surface area contributed by atoms with E-state index in [1.165, 1.54) is 12.8 Å². The maximum Gasteiger partial charge on any atom is 0.0857 e. The second kappa shape index (κ2) is 10.5. The monoisotopic (exact) mass is 522 g/mol. The molecule has 1 saturated heterocycles. The van der Waals surface area contributed by atoms with Gasteiger partial charge in [0, 0.05) is 13.1 Å². The van der Waals surface area contributed by atoms with Gasteiger partial charge in [-0.1, -0.05) is 114 Å². The topological polar surface area (TPSA) is 6.48 Å². The lowest BCUT2D eigenvalue weighted by Crippen LogP contribution is -2.82. The Morgan fingerprint density at radius 1 is 0.583 bits per heavy atom. The molecule has 2 aromatic rings. The van der Waals surface area contributed by atoms with Crippen molar-refractivity contribution in [1.29, 1.82) is 0 Å². The van der Waals surface area contributed by atoms with E-state index in [-0.39, 0.29) is 0 Å². The van der Waals surface area contributed by atoms with Crippen molar-refractivity contribution in [3.63, 3.8) is 0 Å². The molecule has 1 heterocycles. The van der Waals surface area contributed by atoms with Gasteiger partial charge >= 0.3 is 0 Å². The number of nitrogens with zero attached hydrogens (tertiary/aromatic N) is 2. The van der Waals surface area contributed by atoms with Gasteiger partial charge in [-0.25, -0.2) is 0 Å². The second-order valence-corrected chi connectivity index (χ2v) is 25.1. The molecule has 0 amide bonds. The molecule has 1 aliphatic heterocycles. The quantitative estimate of drug-likeness (QED) is 0.352. The highest BCUT2D eigenvalue weighted by Gasteiger charge is 2.70. The number of benzene rings is 2. The highest BCUT2D eigenvalue weighted by Crippen LogP contribution is 2.63. The molecule has 1 fully saturated rings. The van der Waals surface area contributed by atoms with Crippen LogP contribution in [0.2, 0.25) is 23.4 Å². The van der Waals surface area contributed by atoms with E-state index in [0.29, 0.717) is 10.8 Å². The molecule has 0 N–H and O–H groups in total. The minimum absolute atomic E-state index is 0.326. The lowest BCUT2D eigenvalue weighted by molar-refractivity contribution is 0.357. The van der Waals surface area contributed by atoms with Crippen molar-refractivity contribution < 1.29 is 0 Å². The Hall–Kier alpha value is -1.21. The van der Waals surface area contributed by atoms with Crippen molar-refractivity contribution in [2.45, 2.75) is 90.9 Å². The van der Waals surface area contributed by atoms with Crippen molar-refractivity contribution in [2.24, 2.45) is 10.8 Å². The van der Waals surface area contributed by atoms with Crippen LogP contribution in [0.4, 0.5) is 0 Å². The molecule has 0 unspecified atom stereocenters. The summed E-state index contributed by atoms with van der Waals surface area (Å²) < 4.78 is 0. The second-order valence-electron chi connectivity index (χ2n) is 15.0. The number of hydrogen-bond acceptors (Lipinski definition) is 2. The smallest absolute Gasteiger partial charge is 0.0857 e. The Balaban J connectivity index is 2.30. The molecule has 0 spiro atoms. The summed E-state index contributed by atoms with van der Waals surface area (Å²) in [6, 6.07) is 19.1. The van der Waals surface area contributed by atoms with Crippen LogP contribution in [0.3, 0.4) is 0 Å². The summed E-state index contributed by atoms with van der Waals surface area (Å²) in [5, 5.41) is 5.17. The van der Waals surface area contributed by atoms with Crippen LogP contribution in [0.15, 0.2) is 48.5 Å². The average Bonchev–Trinajstić information content (AvgIpc) is 2.74. The lowest BCUT2D eigenvalue weighted by Gasteiger charge is -2.68. The van der Waals surface area contributed by atoms with E-state index in [1.807, 2.05) is 0 Å². The highest BCUT2D eigenvalue weighted by molar-refractivity contribution is 7.25. The van der Waals surface area contributed by atoms with Crippen LogP contribution in [0.5, 0.6) is 0 Å². The molecule has 0 bridgehead atoms. The van der Waals surface area contributed by atoms with Crippen molar-refractivity contribution in [1.82, 2.24) is 9.80 Å². The predicted octanol–water partition coefficient (Wildman–Crippen LogP) is 6.79. The highest BCUT2D eigenvalue weighted by atomic mass is 28.5. The maximum absolute atomic E-state index is 2.79. The van der Waals surface area contributed by atoms with E-state index in [9.17, 15) is 0 Å². The zero-order chi connectivity index (χ0) is 27.1. The van der Waals surface area contributed by atoms with Crippen LogP contribution in [0.1, 0.15) is 65.5 Å². The van der Waals surface area contributed by atoms with E-state index in [1.54, 1.807) is 21.5 Å². The summed E-state index contributed by atoms with van der Waals surface area (Å²) in [7, 11) is 5.23. The van der Waals surface area contributed by atoms with Crippen LogP contribution in [-0.4, -0.2) is 54.1 Å². The maximum atomic E-state index is 2.79. The Labute approximate surface area is 225 Å². The van der Waals surface area contributed by atoms with Crippen molar-refractivity contribution in [3.05, 3.63) is 59.7 Å². The average molecular weight is 523 g/mol. The predicted molar refractivity (Wildman–Crippen MR) is 166 cm³/mol. The largest absolute Gasteiger partial charge is 0.305 e. The molecular weight excluding hydrogens is 469 g/mol. The molecular formula is C32H54N2Si2. The molecule has 200 valence electrons. The molecule has 0 atom stereocenters. The number of rotatable bonds is 8. The van der Waals surface area contributed by atoms with E-state index in [4.69, 9.17) is 0 Å². The summed E-state index contributed by atoms with van der Waals surface area (Å²) in [6.45, 7) is 22.5. The van der Waals surface area contributed by atoms with Crippen molar-refractivity contribution in [3.8, 4) is 0 Å². The van der Waals surface area contributed by atoms with Gasteiger partial charge in [0.25, 0.3) is 0 Å². The zero-order valence-electron chi connectivity index (χ0n) is 25.5. The molecule has 3 rings (SSSR count). The summed E-state index contributed by atoms with van der Waals surface area (Å²) in [6.07, 6.45) is 2.68. The van der Waals surface area contributed by atoms with Gasteiger partial charge in [-0.2, -0.15) is 0 Å². The molecule has 0 saturated carbocycles. The number of hydrogen-bond donors (Lipinski definition) is 0. The summed E-state index contributed by atoms with van der Waals surface area (Å²) in [5.74, 6) is 0. The molecule has 4 heteroatoms. The Kier molecular flexibility index (Phi) is 8.57. The molecule has 0 aromatic heterocycles. The molecule has 1 aliphatic rings. The fourth-order valence-corrected chi connectivity index (χ4v) is 29.7. The summed E-state index contributed by atoms with van der Waals surface area (Å²) >= 11 is 0. The van der Waals surface area contributed by atoms with Gasteiger partial charge in [0.15, 0.2) is 0 Å². The van der Waals surface area contributed by atoms with Crippen LogP contribution >= 0.6 is 0 Å². The molecule has 36 heavy (non-hydrogen) atoms. The van der Waals surface area contributed by atoms with Gasteiger partial charge in [-0.15, -0.1) is 0 Å². The minimum Gasteiger partial charge on any atom is -0.305 e. The van der Waals surface area contributed by atoms with E-state index >= 15 is 0 Å². The van der Waals surface area contributed by atoms with Gasteiger partial charge in [-0.3, -0.25) is 0 Å². The standard InChI is InChI=1S/C32H54N2Si2/c1-31(2,3)21-29-35(11,27-19-15-13-17-25(27)23-33(7)8)30(22-32(4,5)6)36(29,12)28-20-16-14-18-26(28)24-34(9)10/h13-20,29-30H,21-24H2,1-12H3. The van der Waals surface area contributed by atoms with Gasteiger partial charge in [-0.05, 0) is 73.3 Å². The Morgan fingerprint density at radius 2 is 0.889 bits per heavy atom. The van der Waals surface area contributed by atoms with E-state index in [2.05, 4.69) is 141 Å². The van der Waals surface area contributed by atoms with E-state index in [0.717, 1.165) is 23.4 Å².